The highest BCUT2D eigenvalue weighted by molar-refractivity contribution is 6.20. The number of aromatic amines is 1. The molecule has 0 aromatic carbocycles. The molecule has 2 aromatic heterocycles. The Hall–Kier alpha value is -2.63. The lowest BCUT2D eigenvalue weighted by Gasteiger charge is -2.34. The predicted molar refractivity (Wildman–Crippen MR) is 100 cm³/mol. The number of nitrogens with one attached hydrogen (secondary N) is 2. The second-order valence-corrected chi connectivity index (χ2v) is 7.07. The number of rotatable bonds is 3. The van der Waals surface area contributed by atoms with E-state index < -0.39 is 0 Å². The highest BCUT2D eigenvalue weighted by atomic mass is 16.3. The average Bonchev–Trinajstić information content (AvgIpc) is 3.16. The number of aromatic nitrogens is 3. The molecular formula is C19H23N5O. The molecule has 2 aromatic rings. The third kappa shape index (κ3) is 3.04. The lowest BCUT2D eigenvalue weighted by Crippen LogP contribution is -2.35. The van der Waals surface area contributed by atoms with Crippen molar-refractivity contribution in [2.75, 3.05) is 5.32 Å². The summed E-state index contributed by atoms with van der Waals surface area (Å²) in [5.41, 5.74) is 2.45. The first-order valence-corrected chi connectivity index (χ1v) is 8.88. The maximum absolute atomic E-state index is 10.2. The Labute approximate surface area is 147 Å². The number of nitrogens with zero attached hydrogens (tertiary/aromatic N) is 3. The Morgan fingerprint density at radius 3 is 3.08 bits per heavy atom. The van der Waals surface area contributed by atoms with Gasteiger partial charge in [-0.25, -0.2) is 9.98 Å². The van der Waals surface area contributed by atoms with Gasteiger partial charge in [0, 0.05) is 29.6 Å². The van der Waals surface area contributed by atoms with Crippen molar-refractivity contribution in [3.8, 4) is 5.88 Å². The van der Waals surface area contributed by atoms with Crippen molar-refractivity contribution >= 4 is 29.6 Å². The van der Waals surface area contributed by atoms with Gasteiger partial charge in [-0.3, -0.25) is 0 Å². The maximum Gasteiger partial charge on any atom is 0.238 e. The standard InChI is InChI=1S/C19H23N5O/c1-11-5-3-7-15(12(11)2)22-19-23-16(18(25)24-19)9-13-10-21-17-14(13)6-4-8-20-17/h4,6,8-12,15,25H,3,5,7H2,1-2H3,(H2,22,23,24)/b13-9+. The van der Waals surface area contributed by atoms with Gasteiger partial charge in [-0.15, -0.1) is 0 Å². The zero-order valence-electron chi connectivity index (χ0n) is 14.5. The maximum atomic E-state index is 10.2. The molecule has 3 N–H and O–H groups in total. The molecule has 0 amide bonds. The van der Waals surface area contributed by atoms with E-state index in [0.29, 0.717) is 35.3 Å². The minimum atomic E-state index is -0.00255. The molecule has 6 heteroatoms. The molecule has 2 aliphatic rings. The van der Waals surface area contributed by atoms with Gasteiger partial charge in [0.15, 0.2) is 5.82 Å². The first-order valence-electron chi connectivity index (χ1n) is 8.88. The van der Waals surface area contributed by atoms with E-state index in [2.05, 4.69) is 39.1 Å². The molecule has 1 saturated carbocycles. The van der Waals surface area contributed by atoms with E-state index in [4.69, 9.17) is 0 Å². The SMILES string of the molecule is CC1CCCC(Nc2nc(O)c(/C=C3\C=Nc4ncccc43)[nH]2)C1C. The second-order valence-electron chi connectivity index (χ2n) is 7.07. The van der Waals surface area contributed by atoms with Gasteiger partial charge in [0.25, 0.3) is 0 Å². The number of anilines is 1. The van der Waals surface area contributed by atoms with E-state index in [0.717, 1.165) is 17.6 Å². The molecule has 1 fully saturated rings. The fraction of sp³-hybridized carbons (Fsp3) is 0.421. The van der Waals surface area contributed by atoms with Gasteiger partial charge in [0.2, 0.25) is 11.8 Å². The Kier molecular flexibility index (Phi) is 4.03. The van der Waals surface area contributed by atoms with Gasteiger partial charge in [0.1, 0.15) is 5.69 Å². The molecular weight excluding hydrogens is 314 g/mol. The second kappa shape index (κ2) is 6.35. The summed E-state index contributed by atoms with van der Waals surface area (Å²) < 4.78 is 0. The van der Waals surface area contributed by atoms with Crippen molar-refractivity contribution in [2.24, 2.45) is 16.8 Å². The van der Waals surface area contributed by atoms with Crippen molar-refractivity contribution in [2.45, 2.75) is 39.2 Å². The van der Waals surface area contributed by atoms with Gasteiger partial charge in [-0.2, -0.15) is 4.98 Å². The first-order chi connectivity index (χ1) is 12.1. The summed E-state index contributed by atoms with van der Waals surface area (Å²) in [6.45, 7) is 4.59. The van der Waals surface area contributed by atoms with E-state index in [-0.39, 0.29) is 5.88 Å². The Morgan fingerprint density at radius 2 is 2.20 bits per heavy atom. The zero-order valence-corrected chi connectivity index (χ0v) is 14.5. The lowest BCUT2D eigenvalue weighted by molar-refractivity contribution is 0.252. The largest absolute Gasteiger partial charge is 0.492 e. The topological polar surface area (TPSA) is 86.2 Å². The minimum absolute atomic E-state index is 0.00255. The van der Waals surface area contributed by atoms with Gasteiger partial charge in [-0.1, -0.05) is 26.7 Å². The highest BCUT2D eigenvalue weighted by Crippen LogP contribution is 2.33. The van der Waals surface area contributed by atoms with Crippen LogP contribution in [0.1, 0.15) is 44.4 Å². The van der Waals surface area contributed by atoms with Gasteiger partial charge >= 0.3 is 0 Å². The summed E-state index contributed by atoms with van der Waals surface area (Å²) >= 11 is 0. The third-order valence-electron chi connectivity index (χ3n) is 5.46. The number of fused-ring (bicyclic) bond motifs is 1. The normalized spacial score (nSPS) is 26.8. The fourth-order valence-electron chi connectivity index (χ4n) is 3.70. The third-order valence-corrected chi connectivity index (χ3v) is 5.46. The molecule has 3 unspecified atom stereocenters. The number of aromatic hydroxyl groups is 1. The predicted octanol–water partition coefficient (Wildman–Crippen LogP) is 4.00. The van der Waals surface area contributed by atoms with Crippen LogP contribution in [-0.4, -0.2) is 32.3 Å². The van der Waals surface area contributed by atoms with Gasteiger partial charge in [-0.05, 0) is 36.5 Å². The summed E-state index contributed by atoms with van der Waals surface area (Å²) in [5.74, 6) is 2.61. The lowest BCUT2D eigenvalue weighted by atomic mass is 9.78. The Bertz CT molecular complexity index is 838. The summed E-state index contributed by atoms with van der Waals surface area (Å²) in [7, 11) is 0. The van der Waals surface area contributed by atoms with Crippen molar-refractivity contribution in [1.29, 1.82) is 0 Å². The minimum Gasteiger partial charge on any atom is -0.492 e. The molecule has 0 saturated heterocycles. The van der Waals surface area contributed by atoms with Crippen molar-refractivity contribution < 1.29 is 5.11 Å². The summed E-state index contributed by atoms with van der Waals surface area (Å²) in [6, 6.07) is 4.23. The molecule has 25 heavy (non-hydrogen) atoms. The van der Waals surface area contributed by atoms with Crippen molar-refractivity contribution in [1.82, 2.24) is 15.0 Å². The number of allylic oxidation sites excluding steroid dienone is 1. The molecule has 130 valence electrons. The molecule has 0 bridgehead atoms. The first kappa shape index (κ1) is 15.9. The quantitative estimate of drug-likeness (QED) is 0.790. The summed E-state index contributed by atoms with van der Waals surface area (Å²) in [5, 5.41) is 13.7. The number of pyridine rings is 1. The van der Waals surface area contributed by atoms with Crippen LogP contribution in [0.5, 0.6) is 5.88 Å². The molecule has 3 heterocycles. The van der Waals surface area contributed by atoms with Crippen LogP contribution in [0.4, 0.5) is 11.8 Å². The van der Waals surface area contributed by atoms with Crippen LogP contribution in [0.2, 0.25) is 0 Å². The van der Waals surface area contributed by atoms with Gasteiger partial charge < -0.3 is 15.4 Å². The van der Waals surface area contributed by atoms with Crippen LogP contribution in [-0.2, 0) is 0 Å². The van der Waals surface area contributed by atoms with E-state index in [9.17, 15) is 5.11 Å². The number of H-pyrrole nitrogens is 1. The van der Waals surface area contributed by atoms with Crippen LogP contribution >= 0.6 is 0 Å². The van der Waals surface area contributed by atoms with Crippen LogP contribution in [0.3, 0.4) is 0 Å². The average molecular weight is 337 g/mol. The monoisotopic (exact) mass is 337 g/mol. The molecule has 3 atom stereocenters. The number of aliphatic imine (C=N–C) groups is 1. The number of imidazole rings is 1. The van der Waals surface area contributed by atoms with Crippen LogP contribution in [0, 0.1) is 11.8 Å². The number of hydrogen-bond donors (Lipinski definition) is 3. The zero-order chi connectivity index (χ0) is 17.4. The molecule has 1 aliphatic carbocycles. The summed E-state index contributed by atoms with van der Waals surface area (Å²) in [4.78, 5) is 16.0. The Morgan fingerprint density at radius 1 is 1.32 bits per heavy atom. The van der Waals surface area contributed by atoms with Crippen LogP contribution in [0.25, 0.3) is 11.6 Å². The van der Waals surface area contributed by atoms with E-state index in [1.807, 2.05) is 18.2 Å². The molecule has 4 rings (SSSR count). The molecule has 1 aliphatic heterocycles. The van der Waals surface area contributed by atoms with E-state index in [1.165, 1.54) is 12.8 Å². The summed E-state index contributed by atoms with van der Waals surface area (Å²) in [6.07, 6.45) is 8.99. The van der Waals surface area contributed by atoms with Crippen LogP contribution < -0.4 is 5.32 Å². The number of hydrogen-bond acceptors (Lipinski definition) is 5. The van der Waals surface area contributed by atoms with Gasteiger partial charge in [0.05, 0.1) is 0 Å². The molecule has 0 spiro atoms. The molecule has 0 radical (unpaired) electrons. The van der Waals surface area contributed by atoms with Crippen molar-refractivity contribution in [3.63, 3.8) is 0 Å². The smallest absolute Gasteiger partial charge is 0.238 e. The van der Waals surface area contributed by atoms with E-state index in [1.54, 1.807) is 12.4 Å². The fourth-order valence-corrected chi connectivity index (χ4v) is 3.70. The highest BCUT2D eigenvalue weighted by Gasteiger charge is 2.27. The molecule has 6 nitrogen and oxygen atoms in total. The van der Waals surface area contributed by atoms with Crippen molar-refractivity contribution in [3.05, 3.63) is 29.6 Å². The Balaban J connectivity index is 1.55. The van der Waals surface area contributed by atoms with E-state index >= 15 is 0 Å². The van der Waals surface area contributed by atoms with Crippen LogP contribution in [0.15, 0.2) is 23.3 Å².